The Balaban J connectivity index is 0.000000396. The van der Waals surface area contributed by atoms with Crippen LogP contribution in [0.4, 0.5) is 11.4 Å². The molecule has 22 heavy (non-hydrogen) atoms. The van der Waals surface area contributed by atoms with Crippen molar-refractivity contribution in [3.8, 4) is 0 Å². The van der Waals surface area contributed by atoms with Crippen LogP contribution in [0.25, 0.3) is 0 Å². The van der Waals surface area contributed by atoms with Crippen LogP contribution < -0.4 is 4.90 Å². The first-order valence-electron chi connectivity index (χ1n) is 6.80. The lowest BCUT2D eigenvalue weighted by molar-refractivity contribution is -0.742. The summed E-state index contributed by atoms with van der Waals surface area (Å²) >= 11 is 0. The van der Waals surface area contributed by atoms with Gasteiger partial charge < -0.3 is 5.21 Å². The lowest BCUT2D eigenvalue weighted by atomic mass is 10.0. The number of aryl methyl sites for hydroxylation is 2. The van der Waals surface area contributed by atoms with Gasteiger partial charge in [0, 0.05) is 6.92 Å². The van der Waals surface area contributed by atoms with E-state index >= 15 is 0 Å². The van der Waals surface area contributed by atoms with Gasteiger partial charge in [-0.1, -0.05) is 36.4 Å². The van der Waals surface area contributed by atoms with Gasteiger partial charge in [0.15, 0.2) is 0 Å². The number of rotatable bonds is 0. The minimum Gasteiger partial charge on any atom is -0.328 e. The minimum atomic E-state index is -1.50. The van der Waals surface area contributed by atoms with Gasteiger partial charge in [-0.05, 0) is 36.1 Å². The average Bonchev–Trinajstić information content (AvgIpc) is 2.63. The van der Waals surface area contributed by atoms with Crippen LogP contribution in [-0.2, 0) is 17.6 Å². The van der Waals surface area contributed by atoms with Gasteiger partial charge in [0.1, 0.15) is 0 Å². The van der Waals surface area contributed by atoms with E-state index in [1.54, 1.807) is 6.92 Å². The van der Waals surface area contributed by atoms with Crippen molar-refractivity contribution in [3.05, 3.63) is 69.8 Å². The van der Waals surface area contributed by atoms with E-state index in [0.717, 1.165) is 24.2 Å². The molecular weight excluding hydrogens is 284 g/mol. The molecule has 1 amide bonds. The van der Waals surface area contributed by atoms with Crippen molar-refractivity contribution >= 4 is 17.3 Å². The van der Waals surface area contributed by atoms with Crippen LogP contribution in [-0.4, -0.2) is 16.2 Å². The summed E-state index contributed by atoms with van der Waals surface area (Å²) in [7, 11) is 0. The molecule has 0 saturated carbocycles. The molecule has 3 rings (SSSR count). The number of hydrogen-bond donors (Lipinski definition) is 1. The lowest BCUT2D eigenvalue weighted by Crippen LogP contribution is -2.23. The lowest BCUT2D eigenvalue weighted by Gasteiger charge is -2.23. The number of nitrogens with zero attached hydrogens (tertiary/aromatic N) is 2. The highest BCUT2D eigenvalue weighted by molar-refractivity contribution is 6.00. The molecule has 0 radical (unpaired) electrons. The fourth-order valence-electron chi connectivity index (χ4n) is 2.62. The van der Waals surface area contributed by atoms with E-state index in [2.05, 4.69) is 12.1 Å². The standard InChI is InChI=1S/C16H15NO.HNO3/c1-12(18)17-15-8-4-2-6-13(15)10-11-14-7-3-5-9-16(14)17;2-1(3)4/h2-9H,10-11H2,1H3;(H,2,3,4). The summed E-state index contributed by atoms with van der Waals surface area (Å²) in [5, 5.41) is 13.6. The summed E-state index contributed by atoms with van der Waals surface area (Å²) in [5.41, 5.74) is 4.53. The van der Waals surface area contributed by atoms with Crippen LogP contribution in [0.3, 0.4) is 0 Å². The molecule has 1 N–H and O–H groups in total. The summed E-state index contributed by atoms with van der Waals surface area (Å²) in [6.07, 6.45) is 1.97. The third-order valence-electron chi connectivity index (χ3n) is 3.44. The fraction of sp³-hybridized carbons (Fsp3) is 0.188. The number of carbonyl (C=O) groups excluding carboxylic acids is 1. The molecule has 0 fully saturated rings. The Kier molecular flexibility index (Phi) is 4.73. The van der Waals surface area contributed by atoms with Crippen LogP contribution in [0, 0.1) is 10.1 Å². The Labute approximate surface area is 127 Å². The van der Waals surface area contributed by atoms with Gasteiger partial charge in [-0.2, -0.15) is 0 Å². The highest BCUT2D eigenvalue weighted by Crippen LogP contribution is 2.35. The molecule has 0 atom stereocenters. The van der Waals surface area contributed by atoms with E-state index < -0.39 is 5.09 Å². The van der Waals surface area contributed by atoms with Crippen molar-refractivity contribution in [2.75, 3.05) is 4.90 Å². The quantitative estimate of drug-likeness (QED) is 0.598. The van der Waals surface area contributed by atoms with Gasteiger partial charge in [-0.25, -0.2) is 0 Å². The number of benzene rings is 2. The van der Waals surface area contributed by atoms with Crippen LogP contribution in [0.5, 0.6) is 0 Å². The smallest absolute Gasteiger partial charge is 0.291 e. The maximum Gasteiger partial charge on any atom is 0.291 e. The van der Waals surface area contributed by atoms with Gasteiger partial charge in [-0.15, -0.1) is 10.1 Å². The Morgan fingerprint density at radius 2 is 1.41 bits per heavy atom. The zero-order valence-corrected chi connectivity index (χ0v) is 12.1. The van der Waals surface area contributed by atoms with Crippen molar-refractivity contribution in [3.63, 3.8) is 0 Å². The van der Waals surface area contributed by atoms with Crippen LogP contribution >= 0.6 is 0 Å². The number of hydrogen-bond acceptors (Lipinski definition) is 3. The molecule has 0 unspecified atom stereocenters. The Morgan fingerprint density at radius 3 is 1.77 bits per heavy atom. The average molecular weight is 300 g/mol. The number of fused-ring (bicyclic) bond motifs is 2. The van der Waals surface area contributed by atoms with Crippen molar-refractivity contribution in [1.29, 1.82) is 0 Å². The molecule has 1 aliphatic heterocycles. The summed E-state index contributed by atoms with van der Waals surface area (Å²) in [6.45, 7) is 1.62. The molecule has 0 saturated heterocycles. The maximum absolute atomic E-state index is 12.0. The molecule has 0 aliphatic carbocycles. The normalized spacial score (nSPS) is 12.1. The molecule has 6 nitrogen and oxygen atoms in total. The first kappa shape index (κ1) is 15.5. The summed E-state index contributed by atoms with van der Waals surface area (Å²) < 4.78 is 0. The predicted molar refractivity (Wildman–Crippen MR) is 81.9 cm³/mol. The molecule has 0 aromatic heterocycles. The van der Waals surface area contributed by atoms with Crippen molar-refractivity contribution in [2.24, 2.45) is 0 Å². The number of amides is 1. The summed E-state index contributed by atoms with van der Waals surface area (Å²) in [5.74, 6) is 0.0665. The highest BCUT2D eigenvalue weighted by Gasteiger charge is 2.22. The van der Waals surface area contributed by atoms with Crippen LogP contribution in [0.1, 0.15) is 18.1 Å². The molecule has 0 spiro atoms. The predicted octanol–water partition coefficient (Wildman–Crippen LogP) is 3.12. The maximum atomic E-state index is 12.0. The van der Waals surface area contributed by atoms with E-state index in [0.29, 0.717) is 0 Å². The topological polar surface area (TPSA) is 83.7 Å². The molecule has 1 heterocycles. The molecule has 114 valence electrons. The fourth-order valence-corrected chi connectivity index (χ4v) is 2.62. The van der Waals surface area contributed by atoms with E-state index in [1.165, 1.54) is 11.1 Å². The first-order valence-corrected chi connectivity index (χ1v) is 6.80. The van der Waals surface area contributed by atoms with E-state index in [1.807, 2.05) is 41.3 Å². The van der Waals surface area contributed by atoms with E-state index in [4.69, 9.17) is 15.3 Å². The van der Waals surface area contributed by atoms with Gasteiger partial charge >= 0.3 is 0 Å². The van der Waals surface area contributed by atoms with Gasteiger partial charge in [0.05, 0.1) is 11.4 Å². The second-order valence-corrected chi connectivity index (χ2v) is 4.85. The Morgan fingerprint density at radius 1 is 1.05 bits per heavy atom. The Bertz CT molecular complexity index is 649. The summed E-state index contributed by atoms with van der Waals surface area (Å²) in [4.78, 5) is 22.2. The zero-order chi connectivity index (χ0) is 16.1. The van der Waals surface area contributed by atoms with E-state index in [-0.39, 0.29) is 5.91 Å². The first-order chi connectivity index (χ1) is 10.5. The largest absolute Gasteiger partial charge is 0.328 e. The molecule has 6 heteroatoms. The molecular formula is C16H16N2O4. The van der Waals surface area contributed by atoms with Crippen molar-refractivity contribution < 1.29 is 15.1 Å². The third kappa shape index (κ3) is 3.41. The van der Waals surface area contributed by atoms with Gasteiger partial charge in [-0.3, -0.25) is 9.69 Å². The van der Waals surface area contributed by atoms with Gasteiger partial charge in [0.2, 0.25) is 5.91 Å². The second-order valence-electron chi connectivity index (χ2n) is 4.85. The van der Waals surface area contributed by atoms with Crippen molar-refractivity contribution in [1.82, 2.24) is 0 Å². The minimum absolute atomic E-state index is 0.0665. The second kappa shape index (κ2) is 6.71. The Hall–Kier alpha value is -2.89. The van der Waals surface area contributed by atoms with Gasteiger partial charge in [0.25, 0.3) is 5.09 Å². The SMILES string of the molecule is CC(=O)N1c2ccccc2CCc2ccccc21.O=[N+]([O-])O. The van der Waals surface area contributed by atoms with Crippen LogP contribution in [0.2, 0.25) is 0 Å². The molecule has 2 aromatic carbocycles. The number of anilines is 2. The van der Waals surface area contributed by atoms with Crippen molar-refractivity contribution in [2.45, 2.75) is 19.8 Å². The number of carbonyl (C=O) groups is 1. The van der Waals surface area contributed by atoms with Crippen LogP contribution in [0.15, 0.2) is 48.5 Å². The monoisotopic (exact) mass is 300 g/mol. The highest BCUT2D eigenvalue weighted by atomic mass is 16.9. The molecule has 0 bridgehead atoms. The van der Waals surface area contributed by atoms with E-state index in [9.17, 15) is 4.79 Å². The molecule has 1 aliphatic rings. The number of para-hydroxylation sites is 2. The zero-order valence-electron chi connectivity index (χ0n) is 12.1. The third-order valence-corrected chi connectivity index (χ3v) is 3.44. The summed E-state index contributed by atoms with van der Waals surface area (Å²) in [6, 6.07) is 16.3. The molecule has 2 aromatic rings.